The van der Waals surface area contributed by atoms with E-state index in [1.54, 1.807) is 0 Å². The van der Waals surface area contributed by atoms with Gasteiger partial charge in [-0.3, -0.25) is 0 Å². The second kappa shape index (κ2) is 3.46. The summed E-state index contributed by atoms with van der Waals surface area (Å²) in [7, 11) is 0. The van der Waals surface area contributed by atoms with Crippen molar-refractivity contribution in [2.75, 3.05) is 6.26 Å². The molecule has 0 saturated heterocycles. The van der Waals surface area contributed by atoms with Crippen LogP contribution in [-0.2, 0) is 5.75 Å². The largest absolute Gasteiger partial charge is 0.357 e. The number of para-hydroxylation sites is 1. The van der Waals surface area contributed by atoms with Crippen LogP contribution in [0.3, 0.4) is 0 Å². The molecule has 1 aromatic carbocycles. The van der Waals surface area contributed by atoms with Crippen molar-refractivity contribution in [1.82, 2.24) is 4.98 Å². The van der Waals surface area contributed by atoms with Gasteiger partial charge >= 0.3 is 0 Å². The van der Waals surface area contributed by atoms with Crippen LogP contribution in [0.2, 0.25) is 0 Å². The van der Waals surface area contributed by atoms with E-state index in [1.807, 2.05) is 11.8 Å². The fraction of sp³-hybridized carbons (Fsp3) is 0.273. The molecule has 13 heavy (non-hydrogen) atoms. The van der Waals surface area contributed by atoms with Crippen LogP contribution in [0, 0.1) is 6.92 Å². The van der Waals surface area contributed by atoms with E-state index in [2.05, 4.69) is 42.4 Å². The smallest absolute Gasteiger partial charge is 0.0486 e. The number of rotatable bonds is 2. The summed E-state index contributed by atoms with van der Waals surface area (Å²) in [6.45, 7) is 2.14. The van der Waals surface area contributed by atoms with Crippen LogP contribution in [-0.4, -0.2) is 11.2 Å². The van der Waals surface area contributed by atoms with Gasteiger partial charge in [-0.25, -0.2) is 0 Å². The van der Waals surface area contributed by atoms with Crippen molar-refractivity contribution < 1.29 is 0 Å². The molecule has 0 spiro atoms. The van der Waals surface area contributed by atoms with Crippen molar-refractivity contribution in [3.05, 3.63) is 35.5 Å². The van der Waals surface area contributed by atoms with Gasteiger partial charge in [0.2, 0.25) is 0 Å². The average molecular weight is 191 g/mol. The fourth-order valence-electron chi connectivity index (χ4n) is 1.60. The predicted octanol–water partition coefficient (Wildman–Crippen LogP) is 3.34. The lowest BCUT2D eigenvalue weighted by atomic mass is 10.2. The number of hydrogen-bond acceptors (Lipinski definition) is 1. The first-order valence-corrected chi connectivity index (χ1v) is 5.77. The highest BCUT2D eigenvalue weighted by molar-refractivity contribution is 7.97. The van der Waals surface area contributed by atoms with Crippen molar-refractivity contribution in [3.63, 3.8) is 0 Å². The second-order valence-electron chi connectivity index (χ2n) is 3.27. The third-order valence-electron chi connectivity index (χ3n) is 2.22. The molecule has 0 atom stereocenters. The van der Waals surface area contributed by atoms with Gasteiger partial charge in [0.15, 0.2) is 0 Å². The SMILES string of the molecule is CSCc1cc2cccc(C)c2[nH]1. The minimum absolute atomic E-state index is 1.06. The molecule has 1 aromatic heterocycles. The van der Waals surface area contributed by atoms with E-state index in [1.165, 1.54) is 22.2 Å². The van der Waals surface area contributed by atoms with Crippen LogP contribution >= 0.6 is 11.8 Å². The first-order chi connectivity index (χ1) is 6.31. The summed E-state index contributed by atoms with van der Waals surface area (Å²) in [6.07, 6.45) is 2.12. The molecule has 2 heteroatoms. The van der Waals surface area contributed by atoms with Crippen LogP contribution < -0.4 is 0 Å². The first kappa shape index (κ1) is 8.70. The number of aromatic amines is 1. The van der Waals surface area contributed by atoms with Crippen LogP contribution in [0.15, 0.2) is 24.3 Å². The van der Waals surface area contributed by atoms with Crippen LogP contribution in [0.25, 0.3) is 10.9 Å². The molecule has 68 valence electrons. The van der Waals surface area contributed by atoms with E-state index in [0.29, 0.717) is 0 Å². The average Bonchev–Trinajstić information content (AvgIpc) is 2.49. The summed E-state index contributed by atoms with van der Waals surface area (Å²) >= 11 is 1.84. The lowest BCUT2D eigenvalue weighted by Gasteiger charge is -1.93. The summed E-state index contributed by atoms with van der Waals surface area (Å²) in [6, 6.07) is 8.64. The van der Waals surface area contributed by atoms with E-state index in [9.17, 15) is 0 Å². The lowest BCUT2D eigenvalue weighted by molar-refractivity contribution is 1.26. The Morgan fingerprint density at radius 3 is 2.92 bits per heavy atom. The Kier molecular flexibility index (Phi) is 2.32. The lowest BCUT2D eigenvalue weighted by Crippen LogP contribution is -1.78. The molecule has 0 radical (unpaired) electrons. The highest BCUT2D eigenvalue weighted by atomic mass is 32.2. The van der Waals surface area contributed by atoms with Crippen LogP contribution in [0.4, 0.5) is 0 Å². The zero-order valence-electron chi connectivity index (χ0n) is 7.92. The number of hydrogen-bond donors (Lipinski definition) is 1. The topological polar surface area (TPSA) is 15.8 Å². The van der Waals surface area contributed by atoms with Gasteiger partial charge in [-0.1, -0.05) is 18.2 Å². The molecule has 0 aliphatic rings. The molecule has 2 aromatic rings. The van der Waals surface area contributed by atoms with E-state index < -0.39 is 0 Å². The molecule has 0 unspecified atom stereocenters. The molecule has 0 bridgehead atoms. The summed E-state index contributed by atoms with van der Waals surface area (Å²) in [5.74, 6) is 1.06. The Hall–Kier alpha value is -0.890. The zero-order valence-corrected chi connectivity index (χ0v) is 8.74. The summed E-state index contributed by atoms with van der Waals surface area (Å²) in [5, 5.41) is 1.32. The van der Waals surface area contributed by atoms with Crippen LogP contribution in [0.1, 0.15) is 11.3 Å². The Labute approximate surface area is 82.5 Å². The maximum absolute atomic E-state index is 3.44. The van der Waals surface area contributed by atoms with Gasteiger partial charge in [0.1, 0.15) is 0 Å². The number of aromatic nitrogens is 1. The molecular weight excluding hydrogens is 178 g/mol. The highest BCUT2D eigenvalue weighted by Gasteiger charge is 2.01. The Bertz CT molecular complexity index is 417. The van der Waals surface area contributed by atoms with Gasteiger partial charge in [0.05, 0.1) is 0 Å². The Morgan fingerprint density at radius 2 is 2.23 bits per heavy atom. The molecule has 0 fully saturated rings. The summed E-state index contributed by atoms with van der Waals surface area (Å²) < 4.78 is 0. The second-order valence-corrected chi connectivity index (χ2v) is 4.13. The normalized spacial score (nSPS) is 10.9. The molecule has 1 N–H and O–H groups in total. The van der Waals surface area contributed by atoms with Gasteiger partial charge in [-0.15, -0.1) is 0 Å². The predicted molar refractivity (Wildman–Crippen MR) is 60.3 cm³/mol. The van der Waals surface area contributed by atoms with Gasteiger partial charge in [-0.05, 0) is 30.2 Å². The standard InChI is InChI=1S/C11H13NS/c1-8-4-3-5-9-6-10(7-13-2)12-11(8)9/h3-6,12H,7H2,1-2H3. The monoisotopic (exact) mass is 191 g/mol. The minimum atomic E-state index is 1.06. The van der Waals surface area contributed by atoms with E-state index in [0.717, 1.165) is 5.75 Å². The zero-order chi connectivity index (χ0) is 9.26. The van der Waals surface area contributed by atoms with Gasteiger partial charge in [0.25, 0.3) is 0 Å². The quantitative estimate of drug-likeness (QED) is 0.769. The number of aryl methyl sites for hydroxylation is 1. The molecule has 0 amide bonds. The summed E-state index contributed by atoms with van der Waals surface area (Å²) in [5.41, 5.74) is 3.92. The third kappa shape index (κ3) is 1.59. The number of thioether (sulfide) groups is 1. The first-order valence-electron chi connectivity index (χ1n) is 4.37. The van der Waals surface area contributed by atoms with Gasteiger partial charge in [-0.2, -0.15) is 11.8 Å². The van der Waals surface area contributed by atoms with Gasteiger partial charge in [0, 0.05) is 17.0 Å². The maximum atomic E-state index is 3.44. The number of fused-ring (bicyclic) bond motifs is 1. The van der Waals surface area contributed by atoms with E-state index >= 15 is 0 Å². The number of nitrogens with one attached hydrogen (secondary N) is 1. The number of H-pyrrole nitrogens is 1. The molecule has 2 rings (SSSR count). The Morgan fingerprint density at radius 1 is 1.38 bits per heavy atom. The van der Waals surface area contributed by atoms with Crippen molar-refractivity contribution in [2.45, 2.75) is 12.7 Å². The van der Waals surface area contributed by atoms with Crippen molar-refractivity contribution in [3.8, 4) is 0 Å². The molecule has 1 heterocycles. The summed E-state index contributed by atoms with van der Waals surface area (Å²) in [4.78, 5) is 3.44. The van der Waals surface area contributed by atoms with Gasteiger partial charge < -0.3 is 4.98 Å². The minimum Gasteiger partial charge on any atom is -0.357 e. The Balaban J connectivity index is 2.55. The molecule has 1 nitrogen and oxygen atoms in total. The molecule has 0 saturated carbocycles. The maximum Gasteiger partial charge on any atom is 0.0486 e. The van der Waals surface area contributed by atoms with Crippen molar-refractivity contribution in [2.24, 2.45) is 0 Å². The van der Waals surface area contributed by atoms with Crippen LogP contribution in [0.5, 0.6) is 0 Å². The van der Waals surface area contributed by atoms with Crippen molar-refractivity contribution in [1.29, 1.82) is 0 Å². The third-order valence-corrected chi connectivity index (χ3v) is 2.82. The highest BCUT2D eigenvalue weighted by Crippen LogP contribution is 2.20. The van der Waals surface area contributed by atoms with E-state index in [-0.39, 0.29) is 0 Å². The van der Waals surface area contributed by atoms with Crippen molar-refractivity contribution >= 4 is 22.7 Å². The molecular formula is C11H13NS. The van der Waals surface area contributed by atoms with E-state index in [4.69, 9.17) is 0 Å². The molecule has 0 aliphatic carbocycles. The fourth-order valence-corrected chi connectivity index (χ4v) is 2.07. The molecule has 0 aliphatic heterocycles. The number of benzene rings is 1.